The second-order valence-corrected chi connectivity index (χ2v) is 6.22. The predicted molar refractivity (Wildman–Crippen MR) is 103 cm³/mol. The van der Waals surface area contributed by atoms with Gasteiger partial charge in [-0.1, -0.05) is 50.5 Å². The number of nitrogen functional groups attached to an aromatic ring is 1. The van der Waals surface area contributed by atoms with Crippen LogP contribution in [0.4, 0.5) is 10.5 Å². The van der Waals surface area contributed by atoms with Crippen LogP contribution in [0.25, 0.3) is 21.8 Å². The molecule has 130 valence electrons. The highest BCUT2D eigenvalue weighted by Gasteiger charge is 2.05. The van der Waals surface area contributed by atoms with Crippen molar-refractivity contribution in [1.82, 2.24) is 10.3 Å². The van der Waals surface area contributed by atoms with Gasteiger partial charge in [-0.25, -0.2) is 4.79 Å². The van der Waals surface area contributed by atoms with Gasteiger partial charge in [-0.3, -0.25) is 0 Å². The summed E-state index contributed by atoms with van der Waals surface area (Å²) < 4.78 is 0. The number of amides is 2. The van der Waals surface area contributed by atoms with E-state index in [1.807, 2.05) is 42.5 Å². The molecule has 0 aliphatic carbocycles. The highest BCUT2D eigenvalue weighted by Crippen LogP contribution is 2.27. The van der Waals surface area contributed by atoms with Crippen LogP contribution in [0.3, 0.4) is 0 Å². The number of carbonyl (C=O) groups is 1. The number of hydrogen-bond acceptors (Lipinski definition) is 2. The van der Waals surface area contributed by atoms with Crippen molar-refractivity contribution in [3.63, 3.8) is 0 Å². The average Bonchev–Trinajstić information content (AvgIpc) is 2.82. The van der Waals surface area contributed by atoms with Gasteiger partial charge in [-0.15, -0.1) is 0 Å². The number of anilines is 1. The Morgan fingerprint density at radius 2 is 1.92 bits per heavy atom. The molecule has 0 radical (unpaired) electrons. The van der Waals surface area contributed by atoms with Crippen molar-refractivity contribution in [2.24, 2.45) is 4.99 Å². The van der Waals surface area contributed by atoms with Crippen molar-refractivity contribution in [2.75, 3.05) is 12.3 Å². The van der Waals surface area contributed by atoms with Gasteiger partial charge in [0.1, 0.15) is 0 Å². The van der Waals surface area contributed by atoms with Gasteiger partial charge in [-0.05, 0) is 24.6 Å². The Morgan fingerprint density at radius 3 is 2.76 bits per heavy atom. The van der Waals surface area contributed by atoms with E-state index in [0.717, 1.165) is 34.6 Å². The molecule has 0 bridgehead atoms. The summed E-state index contributed by atoms with van der Waals surface area (Å²) in [5.74, 6) is 0. The summed E-state index contributed by atoms with van der Waals surface area (Å²) in [6, 6.07) is 13.2. The highest BCUT2D eigenvalue weighted by atomic mass is 16.2. The predicted octanol–water partition coefficient (Wildman–Crippen LogP) is 4.09. The zero-order valence-electron chi connectivity index (χ0n) is 14.5. The number of hydrogen-bond donors (Lipinski definition) is 3. The van der Waals surface area contributed by atoms with E-state index >= 15 is 0 Å². The second-order valence-electron chi connectivity index (χ2n) is 6.22. The number of nitrogens with zero attached hydrogens (tertiary/aromatic N) is 1. The van der Waals surface area contributed by atoms with E-state index in [4.69, 9.17) is 5.73 Å². The van der Waals surface area contributed by atoms with Gasteiger partial charge in [0.15, 0.2) is 0 Å². The summed E-state index contributed by atoms with van der Waals surface area (Å²) in [6.45, 7) is 2.83. The van der Waals surface area contributed by atoms with Gasteiger partial charge in [0, 0.05) is 22.8 Å². The molecule has 25 heavy (non-hydrogen) atoms. The fourth-order valence-electron chi connectivity index (χ4n) is 2.99. The zero-order valence-corrected chi connectivity index (χ0v) is 14.5. The summed E-state index contributed by atoms with van der Waals surface area (Å²) >= 11 is 0. The van der Waals surface area contributed by atoms with Crippen molar-refractivity contribution < 1.29 is 4.79 Å². The van der Waals surface area contributed by atoms with Gasteiger partial charge in [0.2, 0.25) is 0 Å². The number of urea groups is 1. The van der Waals surface area contributed by atoms with Crippen LogP contribution >= 0.6 is 0 Å². The molecule has 0 unspecified atom stereocenters. The summed E-state index contributed by atoms with van der Waals surface area (Å²) in [7, 11) is 0. The molecular weight excluding hydrogens is 312 g/mol. The minimum absolute atomic E-state index is 0.300. The Morgan fingerprint density at radius 1 is 1.12 bits per heavy atom. The minimum atomic E-state index is -0.300. The van der Waals surface area contributed by atoms with Gasteiger partial charge < -0.3 is 16.0 Å². The van der Waals surface area contributed by atoms with Crippen molar-refractivity contribution >= 4 is 33.5 Å². The molecule has 1 heterocycles. The summed E-state index contributed by atoms with van der Waals surface area (Å²) in [6.07, 6.45) is 4.50. The molecule has 0 fully saturated rings. The Hall–Kier alpha value is -2.82. The van der Waals surface area contributed by atoms with E-state index in [2.05, 4.69) is 22.2 Å². The van der Waals surface area contributed by atoms with Crippen LogP contribution in [-0.4, -0.2) is 17.6 Å². The number of carbonyl (C=O) groups excluding carboxylic acids is 1. The molecule has 0 aliphatic rings. The number of unbranched alkanes of at least 4 members (excludes halogenated alkanes) is 3. The molecule has 2 aromatic carbocycles. The lowest BCUT2D eigenvalue weighted by atomic mass is 10.2. The molecule has 2 amide bonds. The third-order valence-electron chi connectivity index (χ3n) is 4.30. The van der Waals surface area contributed by atoms with Crippen LogP contribution in [0.5, 0.6) is 0 Å². The summed E-state index contributed by atoms with van der Waals surface area (Å²) in [5.41, 5.74) is 8.57. The quantitative estimate of drug-likeness (QED) is 0.484. The monoisotopic (exact) mass is 336 g/mol. The lowest BCUT2D eigenvalue weighted by molar-refractivity contribution is 0.248. The van der Waals surface area contributed by atoms with Crippen LogP contribution in [0.2, 0.25) is 0 Å². The van der Waals surface area contributed by atoms with Crippen molar-refractivity contribution in [3.05, 3.63) is 47.8 Å². The number of para-hydroxylation sites is 1. The third-order valence-corrected chi connectivity index (χ3v) is 4.30. The number of nitrogens with one attached hydrogen (secondary N) is 2. The number of aromatic nitrogens is 1. The topological polar surface area (TPSA) is 83.3 Å². The van der Waals surface area contributed by atoms with Gasteiger partial charge in [-0.2, -0.15) is 4.99 Å². The van der Waals surface area contributed by atoms with E-state index in [0.29, 0.717) is 17.6 Å². The molecule has 0 atom stereocenters. The summed E-state index contributed by atoms with van der Waals surface area (Å²) in [5, 5.41) is 5.59. The van der Waals surface area contributed by atoms with Crippen molar-refractivity contribution in [3.8, 4) is 0 Å². The highest BCUT2D eigenvalue weighted by molar-refractivity contribution is 6.10. The van der Waals surface area contributed by atoms with E-state index in [1.54, 1.807) is 0 Å². The first kappa shape index (κ1) is 17.0. The maximum Gasteiger partial charge on any atom is 0.341 e. The van der Waals surface area contributed by atoms with Crippen molar-refractivity contribution in [2.45, 2.75) is 32.6 Å². The number of rotatable bonds is 5. The second kappa shape index (κ2) is 7.83. The first-order valence-corrected chi connectivity index (χ1v) is 8.82. The number of aromatic amines is 1. The molecule has 0 saturated carbocycles. The van der Waals surface area contributed by atoms with Gasteiger partial charge in [0.05, 0.1) is 16.6 Å². The van der Waals surface area contributed by atoms with Crippen LogP contribution in [0, 0.1) is 0 Å². The van der Waals surface area contributed by atoms with Gasteiger partial charge in [0.25, 0.3) is 0 Å². The molecule has 5 nitrogen and oxygen atoms in total. The van der Waals surface area contributed by atoms with Gasteiger partial charge >= 0.3 is 6.03 Å². The fourth-order valence-corrected chi connectivity index (χ4v) is 2.99. The van der Waals surface area contributed by atoms with Crippen molar-refractivity contribution in [1.29, 1.82) is 0 Å². The maximum atomic E-state index is 12.0. The Kier molecular flexibility index (Phi) is 5.33. The molecule has 0 saturated heterocycles. The van der Waals surface area contributed by atoms with E-state index in [1.165, 1.54) is 12.8 Å². The summed E-state index contributed by atoms with van der Waals surface area (Å²) in [4.78, 5) is 19.5. The number of nitrogens with two attached hydrogens (primary N) is 1. The molecule has 3 rings (SSSR count). The molecule has 3 aromatic rings. The normalized spacial score (nSPS) is 12.0. The van der Waals surface area contributed by atoms with E-state index in [-0.39, 0.29) is 6.03 Å². The lowest BCUT2D eigenvalue weighted by Crippen LogP contribution is -2.23. The zero-order chi connectivity index (χ0) is 17.6. The van der Waals surface area contributed by atoms with Crippen LogP contribution < -0.4 is 16.4 Å². The first-order chi connectivity index (χ1) is 12.2. The van der Waals surface area contributed by atoms with Crippen LogP contribution in [0.15, 0.2) is 47.5 Å². The molecular formula is C20H24N4O. The minimum Gasteiger partial charge on any atom is -0.397 e. The smallest absolute Gasteiger partial charge is 0.341 e. The largest absolute Gasteiger partial charge is 0.397 e. The van der Waals surface area contributed by atoms with Crippen LogP contribution in [0.1, 0.15) is 32.6 Å². The molecule has 0 aliphatic heterocycles. The number of H-pyrrole nitrogens is 1. The Bertz CT molecular complexity index is 959. The molecule has 0 spiro atoms. The number of fused-ring (bicyclic) bond motifs is 3. The maximum absolute atomic E-state index is 12.0. The lowest BCUT2D eigenvalue weighted by Gasteiger charge is -2.00. The average molecular weight is 336 g/mol. The SMILES string of the molecule is CCCCCCNC(=O)N=c1cccc2c(c1)[nH]c1c(N)cccc12. The molecule has 1 aromatic heterocycles. The first-order valence-electron chi connectivity index (χ1n) is 8.82. The molecule has 4 N–H and O–H groups in total. The van der Waals surface area contributed by atoms with E-state index in [9.17, 15) is 4.79 Å². The standard InChI is InChI=1S/C20H24N4O/c1-2-3-4-5-12-22-20(25)23-14-8-6-9-15-16-10-7-11-17(21)19(16)24-18(15)13-14/h6-11,13,24H,2-5,12,21H2,1H3,(H,22,25). The van der Waals surface area contributed by atoms with Crippen LogP contribution in [-0.2, 0) is 0 Å². The Labute approximate surface area is 147 Å². The third kappa shape index (κ3) is 3.99. The Balaban J connectivity index is 1.86. The number of benzene rings is 1. The van der Waals surface area contributed by atoms with E-state index < -0.39 is 0 Å². The molecule has 5 heteroatoms. The fraction of sp³-hybridized carbons (Fsp3) is 0.300.